The van der Waals surface area contributed by atoms with Crippen molar-refractivity contribution in [1.82, 2.24) is 0 Å². The third kappa shape index (κ3) is 6.98. The Labute approximate surface area is 150 Å². The standard InChI is InChI=1S/C22H39NO/c1-4-7-8-9-13-16-20(22(23,5-2)6-3)17-18-21(24)19-14-11-10-12-15-19/h19-20H,4-8,10-12,14-18,23H2,1-3H3. The summed E-state index contributed by atoms with van der Waals surface area (Å²) >= 11 is 0. The number of nitrogens with two attached hydrogens (primary N) is 1. The van der Waals surface area contributed by atoms with Gasteiger partial charge in [0.05, 0.1) is 0 Å². The van der Waals surface area contributed by atoms with Gasteiger partial charge in [-0.3, -0.25) is 4.79 Å². The van der Waals surface area contributed by atoms with Crippen LogP contribution >= 0.6 is 0 Å². The van der Waals surface area contributed by atoms with Gasteiger partial charge in [-0.1, -0.05) is 46.5 Å². The molecule has 2 heteroatoms. The molecule has 0 bridgehead atoms. The van der Waals surface area contributed by atoms with Gasteiger partial charge in [-0.15, -0.1) is 11.8 Å². The second-order valence-electron chi connectivity index (χ2n) is 7.64. The molecule has 1 fully saturated rings. The highest BCUT2D eigenvalue weighted by Gasteiger charge is 2.32. The molecule has 0 spiro atoms. The molecule has 1 saturated carbocycles. The van der Waals surface area contributed by atoms with Crippen LogP contribution in [0.4, 0.5) is 0 Å². The topological polar surface area (TPSA) is 43.1 Å². The molecule has 1 rings (SSSR count). The molecule has 0 aliphatic heterocycles. The van der Waals surface area contributed by atoms with E-state index < -0.39 is 0 Å². The van der Waals surface area contributed by atoms with Crippen LogP contribution in [0.1, 0.15) is 104 Å². The van der Waals surface area contributed by atoms with Crippen LogP contribution in [0.25, 0.3) is 0 Å². The van der Waals surface area contributed by atoms with Gasteiger partial charge >= 0.3 is 0 Å². The molecule has 0 saturated heterocycles. The second kappa shape index (κ2) is 11.7. The van der Waals surface area contributed by atoms with E-state index in [1.54, 1.807) is 0 Å². The van der Waals surface area contributed by atoms with Crippen molar-refractivity contribution in [2.75, 3.05) is 0 Å². The molecule has 0 amide bonds. The second-order valence-corrected chi connectivity index (χ2v) is 7.64. The van der Waals surface area contributed by atoms with Crippen LogP contribution < -0.4 is 5.73 Å². The normalized spacial score (nSPS) is 17.2. The molecule has 0 aromatic rings. The van der Waals surface area contributed by atoms with Gasteiger partial charge in [0.1, 0.15) is 5.78 Å². The number of hydrogen-bond donors (Lipinski definition) is 1. The number of unbranched alkanes of at least 4 members (excludes halogenated alkanes) is 2. The highest BCUT2D eigenvalue weighted by Crippen LogP contribution is 2.31. The van der Waals surface area contributed by atoms with Crippen molar-refractivity contribution in [1.29, 1.82) is 0 Å². The summed E-state index contributed by atoms with van der Waals surface area (Å²) in [6, 6.07) is 0. The molecule has 1 aliphatic carbocycles. The molecule has 1 aliphatic rings. The van der Waals surface area contributed by atoms with Gasteiger partial charge in [0, 0.05) is 30.7 Å². The summed E-state index contributed by atoms with van der Waals surface area (Å²) < 4.78 is 0. The molecular weight excluding hydrogens is 294 g/mol. The first kappa shape index (κ1) is 21.2. The summed E-state index contributed by atoms with van der Waals surface area (Å²) in [6.07, 6.45) is 13.7. The lowest BCUT2D eigenvalue weighted by atomic mass is 9.74. The Balaban J connectivity index is 2.59. The fraction of sp³-hybridized carbons (Fsp3) is 0.864. The van der Waals surface area contributed by atoms with Crippen LogP contribution in [-0.2, 0) is 4.79 Å². The predicted molar refractivity (Wildman–Crippen MR) is 104 cm³/mol. The summed E-state index contributed by atoms with van der Waals surface area (Å²) in [5, 5.41) is 0. The third-order valence-corrected chi connectivity index (χ3v) is 6.06. The molecule has 0 radical (unpaired) electrons. The highest BCUT2D eigenvalue weighted by molar-refractivity contribution is 5.81. The summed E-state index contributed by atoms with van der Waals surface area (Å²) in [4.78, 5) is 12.5. The first-order valence-corrected chi connectivity index (χ1v) is 10.3. The Morgan fingerprint density at radius 2 is 1.79 bits per heavy atom. The molecule has 1 unspecified atom stereocenters. The third-order valence-electron chi connectivity index (χ3n) is 6.06. The molecule has 0 aromatic heterocycles. The van der Waals surface area contributed by atoms with E-state index in [2.05, 4.69) is 32.6 Å². The van der Waals surface area contributed by atoms with Crippen LogP contribution in [0, 0.1) is 23.7 Å². The van der Waals surface area contributed by atoms with Crippen LogP contribution in [0.5, 0.6) is 0 Å². The van der Waals surface area contributed by atoms with Crippen LogP contribution in [0.2, 0.25) is 0 Å². The van der Waals surface area contributed by atoms with Crippen LogP contribution in [-0.4, -0.2) is 11.3 Å². The summed E-state index contributed by atoms with van der Waals surface area (Å²) in [5.74, 6) is 7.80. The van der Waals surface area contributed by atoms with Crippen molar-refractivity contribution in [3.05, 3.63) is 0 Å². The van der Waals surface area contributed by atoms with E-state index in [9.17, 15) is 4.79 Å². The lowest BCUT2D eigenvalue weighted by molar-refractivity contribution is -0.124. The smallest absolute Gasteiger partial charge is 0.135 e. The van der Waals surface area contributed by atoms with Gasteiger partial charge in [-0.25, -0.2) is 0 Å². The highest BCUT2D eigenvalue weighted by atomic mass is 16.1. The maximum Gasteiger partial charge on any atom is 0.135 e. The van der Waals surface area contributed by atoms with Gasteiger partial charge in [0.15, 0.2) is 0 Å². The number of rotatable bonds is 10. The van der Waals surface area contributed by atoms with E-state index in [4.69, 9.17) is 5.73 Å². The zero-order chi connectivity index (χ0) is 17.8. The minimum Gasteiger partial charge on any atom is -0.325 e. The van der Waals surface area contributed by atoms with Gasteiger partial charge in [0.2, 0.25) is 0 Å². The molecular formula is C22H39NO. The molecule has 138 valence electrons. The van der Waals surface area contributed by atoms with E-state index in [0.717, 1.165) is 44.9 Å². The lowest BCUT2D eigenvalue weighted by Gasteiger charge is -2.35. The molecule has 0 heterocycles. The average Bonchev–Trinajstić information content (AvgIpc) is 2.63. The fourth-order valence-electron chi connectivity index (χ4n) is 3.91. The van der Waals surface area contributed by atoms with E-state index in [1.165, 1.54) is 32.1 Å². The Morgan fingerprint density at radius 3 is 2.38 bits per heavy atom. The Morgan fingerprint density at radius 1 is 1.12 bits per heavy atom. The first-order valence-electron chi connectivity index (χ1n) is 10.3. The van der Waals surface area contributed by atoms with Crippen molar-refractivity contribution in [3.8, 4) is 11.8 Å². The zero-order valence-electron chi connectivity index (χ0n) is 16.3. The summed E-state index contributed by atoms with van der Waals surface area (Å²) in [6.45, 7) is 6.54. The Kier molecular flexibility index (Phi) is 10.3. The van der Waals surface area contributed by atoms with Crippen LogP contribution in [0.3, 0.4) is 0 Å². The zero-order valence-corrected chi connectivity index (χ0v) is 16.3. The minimum absolute atomic E-state index is 0.174. The van der Waals surface area contributed by atoms with Crippen LogP contribution in [0.15, 0.2) is 0 Å². The SMILES string of the molecule is CCCCC#CCC(CCC(=O)C1CCCCC1)C(N)(CC)CC. The van der Waals surface area contributed by atoms with Crippen molar-refractivity contribution in [3.63, 3.8) is 0 Å². The summed E-state index contributed by atoms with van der Waals surface area (Å²) in [7, 11) is 0. The number of Topliss-reactive ketones (excluding diaryl/α,β-unsaturated/α-hetero) is 1. The van der Waals surface area contributed by atoms with Gasteiger partial charge in [-0.05, 0) is 44.4 Å². The Bertz CT molecular complexity index is 407. The average molecular weight is 334 g/mol. The lowest BCUT2D eigenvalue weighted by Crippen LogP contribution is -2.46. The van der Waals surface area contributed by atoms with Crippen molar-refractivity contribution in [2.24, 2.45) is 17.6 Å². The van der Waals surface area contributed by atoms with Crippen molar-refractivity contribution >= 4 is 5.78 Å². The number of carbonyl (C=O) groups excluding carboxylic acids is 1. The molecule has 2 nitrogen and oxygen atoms in total. The van der Waals surface area contributed by atoms with E-state index in [-0.39, 0.29) is 5.54 Å². The molecule has 1 atom stereocenters. The summed E-state index contributed by atoms with van der Waals surface area (Å²) in [5.41, 5.74) is 6.49. The van der Waals surface area contributed by atoms with Gasteiger partial charge in [-0.2, -0.15) is 0 Å². The monoisotopic (exact) mass is 333 g/mol. The van der Waals surface area contributed by atoms with Crippen molar-refractivity contribution in [2.45, 2.75) is 110 Å². The van der Waals surface area contributed by atoms with Crippen molar-refractivity contribution < 1.29 is 4.79 Å². The molecule has 0 aromatic carbocycles. The fourth-order valence-corrected chi connectivity index (χ4v) is 3.91. The Hall–Kier alpha value is -0.810. The van der Waals surface area contributed by atoms with E-state index in [1.807, 2.05) is 0 Å². The van der Waals surface area contributed by atoms with E-state index >= 15 is 0 Å². The van der Waals surface area contributed by atoms with Gasteiger partial charge in [0.25, 0.3) is 0 Å². The number of hydrogen-bond acceptors (Lipinski definition) is 2. The van der Waals surface area contributed by atoms with E-state index in [0.29, 0.717) is 24.0 Å². The van der Waals surface area contributed by atoms with Gasteiger partial charge < -0.3 is 5.73 Å². The molecule has 2 N–H and O–H groups in total. The first-order chi connectivity index (χ1) is 11.6. The minimum atomic E-state index is -0.174. The quantitative estimate of drug-likeness (QED) is 0.415. The number of ketones is 1. The number of carbonyl (C=O) groups is 1. The predicted octanol–water partition coefficient (Wildman–Crippen LogP) is 5.63. The maximum atomic E-state index is 12.5. The maximum absolute atomic E-state index is 12.5. The largest absolute Gasteiger partial charge is 0.325 e. The molecule has 24 heavy (non-hydrogen) atoms.